The standard InChI is InChI=1S/C18H15Cl2NO2.C2H6/c1-11(22)23-21-18-9-7-13(14-4-2-3-5-15(14)18)12-6-8-16(19)17(20)10-12;1-2/h2-6,8-10,13,21H,7H2,1H3;1-2H3/t13-;/m0./s1. The second-order valence-electron chi connectivity index (χ2n) is 5.36. The molecule has 0 bridgehead atoms. The van der Waals surface area contributed by atoms with Crippen LogP contribution in [0.2, 0.25) is 10.0 Å². The predicted molar refractivity (Wildman–Crippen MR) is 104 cm³/mol. The number of carbonyl (C=O) groups is 1. The molecule has 0 aromatic heterocycles. The second kappa shape index (κ2) is 8.93. The van der Waals surface area contributed by atoms with Crippen molar-refractivity contribution in [2.24, 2.45) is 0 Å². The fourth-order valence-electron chi connectivity index (χ4n) is 2.79. The molecule has 1 atom stereocenters. The molecule has 25 heavy (non-hydrogen) atoms. The highest BCUT2D eigenvalue weighted by Crippen LogP contribution is 2.39. The van der Waals surface area contributed by atoms with Gasteiger partial charge in [0.05, 0.1) is 15.7 Å². The van der Waals surface area contributed by atoms with Crippen LogP contribution in [0.15, 0.2) is 48.5 Å². The van der Waals surface area contributed by atoms with Crippen LogP contribution in [0, 0.1) is 0 Å². The lowest BCUT2D eigenvalue weighted by Crippen LogP contribution is -2.20. The Morgan fingerprint density at radius 1 is 1.12 bits per heavy atom. The van der Waals surface area contributed by atoms with E-state index in [0.29, 0.717) is 10.0 Å². The van der Waals surface area contributed by atoms with E-state index in [2.05, 4.69) is 11.5 Å². The predicted octanol–water partition coefficient (Wildman–Crippen LogP) is 5.96. The first-order valence-electron chi connectivity index (χ1n) is 8.24. The van der Waals surface area contributed by atoms with Gasteiger partial charge in [-0.1, -0.05) is 73.5 Å². The van der Waals surface area contributed by atoms with Crippen LogP contribution in [-0.2, 0) is 9.63 Å². The molecule has 1 N–H and O–H groups in total. The van der Waals surface area contributed by atoms with Gasteiger partial charge in [0.2, 0.25) is 0 Å². The summed E-state index contributed by atoms with van der Waals surface area (Å²) in [6, 6.07) is 13.7. The maximum absolute atomic E-state index is 11.0. The quantitative estimate of drug-likeness (QED) is 0.670. The van der Waals surface area contributed by atoms with Crippen molar-refractivity contribution < 1.29 is 9.63 Å². The Morgan fingerprint density at radius 2 is 1.84 bits per heavy atom. The largest absolute Gasteiger partial charge is 0.344 e. The summed E-state index contributed by atoms with van der Waals surface area (Å²) in [4.78, 5) is 15.9. The molecule has 0 unspecified atom stereocenters. The number of hydrogen-bond acceptors (Lipinski definition) is 3. The summed E-state index contributed by atoms with van der Waals surface area (Å²) in [6.45, 7) is 5.36. The number of hydrogen-bond donors (Lipinski definition) is 1. The summed E-state index contributed by atoms with van der Waals surface area (Å²) in [7, 11) is 0. The van der Waals surface area contributed by atoms with Gasteiger partial charge in [-0.15, -0.1) is 0 Å². The molecule has 1 aliphatic carbocycles. The Morgan fingerprint density at radius 3 is 2.52 bits per heavy atom. The molecule has 132 valence electrons. The molecule has 0 aliphatic heterocycles. The first-order chi connectivity index (χ1) is 12.1. The van der Waals surface area contributed by atoms with Gasteiger partial charge in [0.25, 0.3) is 0 Å². The van der Waals surface area contributed by atoms with Crippen molar-refractivity contribution in [2.45, 2.75) is 33.1 Å². The van der Waals surface area contributed by atoms with Crippen molar-refractivity contribution in [1.29, 1.82) is 0 Å². The summed E-state index contributed by atoms with van der Waals surface area (Å²) in [6.07, 6.45) is 2.80. The third-order valence-electron chi connectivity index (χ3n) is 3.83. The average molecular weight is 378 g/mol. The van der Waals surface area contributed by atoms with Gasteiger partial charge in [0, 0.05) is 18.4 Å². The third-order valence-corrected chi connectivity index (χ3v) is 4.57. The second-order valence-corrected chi connectivity index (χ2v) is 6.18. The molecule has 3 rings (SSSR count). The summed E-state index contributed by atoms with van der Waals surface area (Å²) in [5.41, 5.74) is 6.80. The highest BCUT2D eigenvalue weighted by atomic mass is 35.5. The molecule has 0 amide bonds. The SMILES string of the molecule is CC.CC(=O)ONC1=CC[C@@H](c2ccc(Cl)c(Cl)c2)c2ccccc21. The Kier molecular flexibility index (Phi) is 6.91. The topological polar surface area (TPSA) is 38.3 Å². The summed E-state index contributed by atoms with van der Waals surface area (Å²) >= 11 is 12.2. The van der Waals surface area contributed by atoms with E-state index in [-0.39, 0.29) is 11.9 Å². The molecule has 0 saturated heterocycles. The minimum atomic E-state index is -0.380. The van der Waals surface area contributed by atoms with E-state index in [0.717, 1.165) is 28.8 Å². The zero-order chi connectivity index (χ0) is 18.4. The van der Waals surface area contributed by atoms with Gasteiger partial charge in [0.1, 0.15) is 0 Å². The van der Waals surface area contributed by atoms with E-state index in [1.807, 2.05) is 56.3 Å². The molecular weight excluding hydrogens is 357 g/mol. The Hall–Kier alpha value is -1.97. The van der Waals surface area contributed by atoms with Crippen LogP contribution in [0.5, 0.6) is 0 Å². The summed E-state index contributed by atoms with van der Waals surface area (Å²) in [5, 5.41) is 1.10. The highest BCUT2D eigenvalue weighted by molar-refractivity contribution is 6.42. The van der Waals surface area contributed by atoms with E-state index in [4.69, 9.17) is 28.0 Å². The molecule has 0 radical (unpaired) electrons. The molecule has 0 fully saturated rings. The molecule has 5 heteroatoms. The van der Waals surface area contributed by atoms with Gasteiger partial charge >= 0.3 is 5.97 Å². The normalized spacial score (nSPS) is 15.2. The van der Waals surface area contributed by atoms with Crippen LogP contribution in [0.4, 0.5) is 0 Å². The monoisotopic (exact) mass is 377 g/mol. The molecule has 2 aromatic rings. The lowest BCUT2D eigenvalue weighted by Gasteiger charge is -2.26. The average Bonchev–Trinajstić information content (AvgIpc) is 2.63. The van der Waals surface area contributed by atoms with Gasteiger partial charge in [0.15, 0.2) is 0 Å². The van der Waals surface area contributed by atoms with E-state index < -0.39 is 0 Å². The minimum Gasteiger partial charge on any atom is -0.344 e. The van der Waals surface area contributed by atoms with Crippen molar-refractivity contribution in [3.05, 3.63) is 75.3 Å². The Balaban J connectivity index is 0.00000109. The van der Waals surface area contributed by atoms with Crippen LogP contribution in [0.1, 0.15) is 49.8 Å². The highest BCUT2D eigenvalue weighted by Gasteiger charge is 2.23. The number of rotatable bonds is 3. The van der Waals surface area contributed by atoms with Gasteiger partial charge in [-0.05, 0) is 29.7 Å². The van der Waals surface area contributed by atoms with E-state index in [1.54, 1.807) is 0 Å². The van der Waals surface area contributed by atoms with E-state index >= 15 is 0 Å². The van der Waals surface area contributed by atoms with Crippen molar-refractivity contribution >= 4 is 34.9 Å². The fourth-order valence-corrected chi connectivity index (χ4v) is 3.09. The molecule has 0 heterocycles. The first-order valence-corrected chi connectivity index (χ1v) is 8.99. The molecule has 0 spiro atoms. The number of hydroxylamine groups is 1. The lowest BCUT2D eigenvalue weighted by atomic mass is 9.81. The zero-order valence-corrected chi connectivity index (χ0v) is 16.0. The van der Waals surface area contributed by atoms with Crippen molar-refractivity contribution in [1.82, 2.24) is 5.48 Å². The number of halogens is 2. The van der Waals surface area contributed by atoms with Crippen LogP contribution >= 0.6 is 23.2 Å². The van der Waals surface area contributed by atoms with Gasteiger partial charge in [-0.2, -0.15) is 0 Å². The molecular formula is C20H21Cl2NO2. The maximum Gasteiger partial charge on any atom is 0.329 e. The smallest absolute Gasteiger partial charge is 0.329 e. The number of benzene rings is 2. The summed E-state index contributed by atoms with van der Waals surface area (Å²) in [5.74, 6) is -0.196. The third kappa shape index (κ3) is 4.56. The maximum atomic E-state index is 11.0. The van der Waals surface area contributed by atoms with Crippen molar-refractivity contribution in [3.63, 3.8) is 0 Å². The number of allylic oxidation sites excluding steroid dienone is 1. The fraction of sp³-hybridized carbons (Fsp3) is 0.250. The van der Waals surface area contributed by atoms with Crippen molar-refractivity contribution in [3.8, 4) is 0 Å². The van der Waals surface area contributed by atoms with Gasteiger partial charge < -0.3 is 4.84 Å². The number of carbonyl (C=O) groups excluding carboxylic acids is 1. The summed E-state index contributed by atoms with van der Waals surface area (Å²) < 4.78 is 0. The molecule has 2 aromatic carbocycles. The molecule has 3 nitrogen and oxygen atoms in total. The molecule has 1 aliphatic rings. The van der Waals surface area contributed by atoms with Crippen LogP contribution in [0.25, 0.3) is 5.70 Å². The first kappa shape index (κ1) is 19.4. The van der Waals surface area contributed by atoms with Crippen LogP contribution in [0.3, 0.4) is 0 Å². The number of fused-ring (bicyclic) bond motifs is 1. The number of nitrogens with one attached hydrogen (secondary N) is 1. The lowest BCUT2D eigenvalue weighted by molar-refractivity contribution is -0.145. The van der Waals surface area contributed by atoms with Gasteiger partial charge in [-0.3, -0.25) is 4.79 Å². The minimum absolute atomic E-state index is 0.184. The zero-order valence-electron chi connectivity index (χ0n) is 14.5. The Labute approximate surface area is 158 Å². The van der Waals surface area contributed by atoms with Crippen LogP contribution < -0.4 is 5.48 Å². The Bertz CT molecular complexity index is 787. The van der Waals surface area contributed by atoms with Crippen molar-refractivity contribution in [2.75, 3.05) is 0 Å². The molecule has 0 saturated carbocycles. The van der Waals surface area contributed by atoms with Crippen LogP contribution in [-0.4, -0.2) is 5.97 Å². The van der Waals surface area contributed by atoms with E-state index in [9.17, 15) is 4.79 Å². The van der Waals surface area contributed by atoms with E-state index in [1.165, 1.54) is 6.92 Å². The van der Waals surface area contributed by atoms with Gasteiger partial charge in [-0.25, -0.2) is 5.48 Å².